The molecular formula is C19H15F3N2O2S. The molecule has 1 heterocycles. The summed E-state index contributed by atoms with van der Waals surface area (Å²) < 4.78 is 43.4. The molecule has 0 aliphatic rings. The van der Waals surface area contributed by atoms with Crippen LogP contribution in [0.3, 0.4) is 0 Å². The minimum atomic E-state index is -4.46. The lowest BCUT2D eigenvalue weighted by Gasteiger charge is -2.13. The lowest BCUT2D eigenvalue weighted by atomic mass is 9.93. The third-order valence-electron chi connectivity index (χ3n) is 4.17. The lowest BCUT2D eigenvalue weighted by molar-refractivity contribution is -0.137. The van der Waals surface area contributed by atoms with Crippen molar-refractivity contribution in [2.24, 2.45) is 0 Å². The number of hydrogen-bond donors (Lipinski definition) is 2. The molecule has 0 saturated heterocycles. The van der Waals surface area contributed by atoms with E-state index in [2.05, 4.69) is 4.37 Å². The standard InChI is InChI=1S/C19H15F3N2O2S/c1-2-10-6-7-13(11-4-3-5-12(9-11)19(20,21)22)14(8-10)16-15(23)17(18(25)26)27-24-16/h3-9H,2,23H2,1H3,(H,25,26). The van der Waals surface area contributed by atoms with E-state index in [1.54, 1.807) is 18.2 Å². The summed E-state index contributed by atoms with van der Waals surface area (Å²) in [5, 5.41) is 9.20. The van der Waals surface area contributed by atoms with Crippen molar-refractivity contribution < 1.29 is 23.1 Å². The minimum absolute atomic E-state index is 0.00831. The zero-order chi connectivity index (χ0) is 19.8. The summed E-state index contributed by atoms with van der Waals surface area (Å²) in [5.74, 6) is -1.19. The van der Waals surface area contributed by atoms with Crippen LogP contribution in [0, 0.1) is 0 Å². The summed E-state index contributed by atoms with van der Waals surface area (Å²) in [5.41, 5.74) is 7.78. The molecule has 0 unspecified atom stereocenters. The van der Waals surface area contributed by atoms with Gasteiger partial charge < -0.3 is 10.8 Å². The molecule has 140 valence electrons. The third-order valence-corrected chi connectivity index (χ3v) is 5.02. The van der Waals surface area contributed by atoms with Crippen molar-refractivity contribution >= 4 is 23.2 Å². The normalized spacial score (nSPS) is 11.6. The van der Waals surface area contributed by atoms with Gasteiger partial charge in [-0.3, -0.25) is 0 Å². The molecule has 27 heavy (non-hydrogen) atoms. The molecule has 3 aromatic rings. The van der Waals surface area contributed by atoms with Gasteiger partial charge in [0.2, 0.25) is 0 Å². The highest BCUT2D eigenvalue weighted by Crippen LogP contribution is 2.39. The van der Waals surface area contributed by atoms with Gasteiger partial charge in [0.05, 0.1) is 11.3 Å². The fourth-order valence-electron chi connectivity index (χ4n) is 2.77. The first-order chi connectivity index (χ1) is 12.7. The minimum Gasteiger partial charge on any atom is -0.477 e. The zero-order valence-electron chi connectivity index (χ0n) is 14.2. The zero-order valence-corrected chi connectivity index (χ0v) is 15.0. The number of carboxylic acids is 1. The molecule has 8 heteroatoms. The van der Waals surface area contributed by atoms with Gasteiger partial charge in [-0.1, -0.05) is 31.2 Å². The van der Waals surface area contributed by atoms with E-state index in [4.69, 9.17) is 5.73 Å². The van der Waals surface area contributed by atoms with Gasteiger partial charge in [-0.05, 0) is 52.8 Å². The van der Waals surface area contributed by atoms with Crippen LogP contribution >= 0.6 is 11.5 Å². The van der Waals surface area contributed by atoms with Crippen molar-refractivity contribution in [3.05, 3.63) is 58.5 Å². The summed E-state index contributed by atoms with van der Waals surface area (Å²) in [6, 6.07) is 10.3. The molecule has 0 saturated carbocycles. The van der Waals surface area contributed by atoms with Gasteiger partial charge in [0.25, 0.3) is 0 Å². The maximum absolute atomic E-state index is 13.1. The highest BCUT2D eigenvalue weighted by Gasteiger charge is 2.30. The lowest BCUT2D eigenvalue weighted by Crippen LogP contribution is -2.04. The van der Waals surface area contributed by atoms with Crippen LogP contribution in [-0.4, -0.2) is 15.4 Å². The summed E-state index contributed by atoms with van der Waals surface area (Å²) >= 11 is 0.749. The van der Waals surface area contributed by atoms with E-state index in [1.807, 2.05) is 13.0 Å². The Labute approximate surface area is 157 Å². The van der Waals surface area contributed by atoms with Crippen molar-refractivity contribution in [1.82, 2.24) is 4.37 Å². The summed E-state index contributed by atoms with van der Waals surface area (Å²) in [7, 11) is 0. The fourth-order valence-corrected chi connectivity index (χ4v) is 3.42. The number of carboxylic acid groups (broad SMARTS) is 1. The predicted octanol–water partition coefficient (Wildman–Crippen LogP) is 5.34. The second kappa shape index (κ2) is 7.03. The third kappa shape index (κ3) is 3.66. The molecule has 0 spiro atoms. The van der Waals surface area contributed by atoms with Gasteiger partial charge in [-0.25, -0.2) is 4.79 Å². The SMILES string of the molecule is CCc1ccc(-c2cccc(C(F)(F)F)c2)c(-c2nsc(C(=O)O)c2N)c1. The molecule has 0 amide bonds. The second-order valence-corrected chi connectivity index (χ2v) is 6.66. The second-order valence-electron chi connectivity index (χ2n) is 5.89. The van der Waals surface area contributed by atoms with Crippen LogP contribution in [0.15, 0.2) is 42.5 Å². The number of nitrogens with two attached hydrogens (primary N) is 1. The molecule has 1 aromatic heterocycles. The average Bonchev–Trinajstić information content (AvgIpc) is 3.02. The van der Waals surface area contributed by atoms with Crippen LogP contribution < -0.4 is 5.73 Å². The van der Waals surface area contributed by atoms with E-state index < -0.39 is 17.7 Å². The summed E-state index contributed by atoms with van der Waals surface area (Å²) in [6.07, 6.45) is -3.76. The first-order valence-electron chi connectivity index (χ1n) is 8.01. The number of carbonyl (C=O) groups is 1. The smallest absolute Gasteiger partial charge is 0.416 e. The quantitative estimate of drug-likeness (QED) is 0.628. The number of nitrogens with zero attached hydrogens (tertiary/aromatic N) is 1. The number of aromatic carboxylic acids is 1. The summed E-state index contributed by atoms with van der Waals surface area (Å²) in [4.78, 5) is 11.2. The van der Waals surface area contributed by atoms with Crippen LogP contribution in [0.2, 0.25) is 0 Å². The number of benzene rings is 2. The van der Waals surface area contributed by atoms with Gasteiger partial charge in [0, 0.05) is 5.56 Å². The molecule has 2 aromatic carbocycles. The number of nitrogen functional groups attached to an aromatic ring is 1. The Bertz CT molecular complexity index is 1010. The number of hydrogen-bond acceptors (Lipinski definition) is 4. The van der Waals surface area contributed by atoms with Crippen molar-refractivity contribution in [2.75, 3.05) is 5.73 Å². The molecule has 0 atom stereocenters. The Morgan fingerprint density at radius 1 is 1.19 bits per heavy atom. The number of anilines is 1. The Morgan fingerprint density at radius 3 is 2.52 bits per heavy atom. The van der Waals surface area contributed by atoms with Crippen molar-refractivity contribution in [3.63, 3.8) is 0 Å². The topological polar surface area (TPSA) is 76.2 Å². The van der Waals surface area contributed by atoms with Gasteiger partial charge in [0.1, 0.15) is 5.69 Å². The maximum atomic E-state index is 13.1. The van der Waals surface area contributed by atoms with Crippen LogP contribution in [0.4, 0.5) is 18.9 Å². The van der Waals surface area contributed by atoms with Crippen LogP contribution in [-0.2, 0) is 12.6 Å². The van der Waals surface area contributed by atoms with Gasteiger partial charge >= 0.3 is 12.1 Å². The van der Waals surface area contributed by atoms with E-state index in [-0.39, 0.29) is 16.3 Å². The fraction of sp³-hybridized carbons (Fsp3) is 0.158. The largest absolute Gasteiger partial charge is 0.477 e. The van der Waals surface area contributed by atoms with E-state index in [0.717, 1.165) is 29.2 Å². The molecule has 3 N–H and O–H groups in total. The Hall–Kier alpha value is -2.87. The van der Waals surface area contributed by atoms with Crippen LogP contribution in [0.1, 0.15) is 27.7 Å². The highest BCUT2D eigenvalue weighted by molar-refractivity contribution is 7.09. The molecule has 4 nitrogen and oxygen atoms in total. The first-order valence-corrected chi connectivity index (χ1v) is 8.79. The predicted molar refractivity (Wildman–Crippen MR) is 98.7 cm³/mol. The molecule has 0 radical (unpaired) electrons. The van der Waals surface area contributed by atoms with E-state index >= 15 is 0 Å². The molecule has 0 aliphatic carbocycles. The number of halogens is 3. The Balaban J connectivity index is 2.23. The molecular weight excluding hydrogens is 377 g/mol. The van der Waals surface area contributed by atoms with Gasteiger partial charge in [-0.15, -0.1) is 0 Å². The van der Waals surface area contributed by atoms with E-state index in [1.165, 1.54) is 6.07 Å². The van der Waals surface area contributed by atoms with E-state index in [9.17, 15) is 23.1 Å². The Kier molecular flexibility index (Phi) is 4.93. The average molecular weight is 392 g/mol. The maximum Gasteiger partial charge on any atom is 0.416 e. The van der Waals surface area contributed by atoms with E-state index in [0.29, 0.717) is 23.1 Å². The monoisotopic (exact) mass is 392 g/mol. The molecule has 0 bridgehead atoms. The summed E-state index contributed by atoms with van der Waals surface area (Å²) in [6.45, 7) is 1.94. The Morgan fingerprint density at radius 2 is 1.93 bits per heavy atom. The molecule has 3 rings (SSSR count). The molecule has 0 fully saturated rings. The van der Waals surface area contributed by atoms with Crippen molar-refractivity contribution in [1.29, 1.82) is 0 Å². The van der Waals surface area contributed by atoms with Crippen LogP contribution in [0.5, 0.6) is 0 Å². The molecule has 0 aliphatic heterocycles. The first kappa shape index (κ1) is 18.9. The number of aryl methyl sites for hydroxylation is 1. The van der Waals surface area contributed by atoms with Gasteiger partial charge in [-0.2, -0.15) is 17.5 Å². The van der Waals surface area contributed by atoms with Gasteiger partial charge in [0.15, 0.2) is 4.88 Å². The van der Waals surface area contributed by atoms with Crippen LogP contribution in [0.25, 0.3) is 22.4 Å². The highest BCUT2D eigenvalue weighted by atomic mass is 32.1. The number of alkyl halides is 3. The number of aromatic nitrogens is 1. The number of rotatable bonds is 4. The van der Waals surface area contributed by atoms with Crippen molar-refractivity contribution in [2.45, 2.75) is 19.5 Å². The van der Waals surface area contributed by atoms with Crippen molar-refractivity contribution in [3.8, 4) is 22.4 Å².